The van der Waals surface area contributed by atoms with Crippen LogP contribution in [0.25, 0.3) is 10.6 Å². The average molecular weight is 306 g/mol. The molecule has 1 fully saturated rings. The molecule has 1 aliphatic rings. The fraction of sp³-hybridized carbons (Fsp3) is 0.400. The van der Waals surface area contributed by atoms with Crippen LogP contribution in [0.2, 0.25) is 0 Å². The smallest absolute Gasteiger partial charge is 0.193 e. The minimum absolute atomic E-state index is 0.00337. The standard InChI is InChI=1S/C15H15FN2O2S/c16-11-5-3-10(4-6-11)14-17-18-15(21-14)13(19)8-7-12-2-1-9-20-12/h3-6,12H,1-2,7-9H2. The largest absolute Gasteiger partial charge is 0.378 e. The number of Topliss-reactive ketones (excluding diaryl/α,β-unsaturated/α-hetero) is 1. The molecule has 1 unspecified atom stereocenters. The van der Waals surface area contributed by atoms with Gasteiger partial charge < -0.3 is 4.74 Å². The summed E-state index contributed by atoms with van der Waals surface area (Å²) in [6.45, 7) is 0.798. The molecule has 1 aliphatic heterocycles. The quantitative estimate of drug-likeness (QED) is 0.794. The summed E-state index contributed by atoms with van der Waals surface area (Å²) in [5.74, 6) is -0.299. The number of halogens is 1. The number of ether oxygens (including phenoxy) is 1. The van der Waals surface area contributed by atoms with E-state index in [4.69, 9.17) is 4.74 Å². The Morgan fingerprint density at radius 1 is 1.33 bits per heavy atom. The van der Waals surface area contributed by atoms with E-state index in [0.717, 1.165) is 31.4 Å². The molecule has 21 heavy (non-hydrogen) atoms. The predicted octanol–water partition coefficient (Wildman–Crippen LogP) is 3.49. The fourth-order valence-electron chi connectivity index (χ4n) is 2.32. The number of aromatic nitrogens is 2. The number of carbonyl (C=O) groups is 1. The highest BCUT2D eigenvalue weighted by Crippen LogP contribution is 2.25. The van der Waals surface area contributed by atoms with Crippen molar-refractivity contribution in [2.45, 2.75) is 31.8 Å². The van der Waals surface area contributed by atoms with E-state index in [9.17, 15) is 9.18 Å². The van der Waals surface area contributed by atoms with Crippen LogP contribution in [0.3, 0.4) is 0 Å². The maximum absolute atomic E-state index is 12.9. The van der Waals surface area contributed by atoms with Gasteiger partial charge in [-0.25, -0.2) is 4.39 Å². The predicted molar refractivity (Wildman–Crippen MR) is 77.8 cm³/mol. The Balaban J connectivity index is 1.63. The van der Waals surface area contributed by atoms with Crippen molar-refractivity contribution in [1.82, 2.24) is 10.2 Å². The second-order valence-corrected chi connectivity index (χ2v) is 5.99. The van der Waals surface area contributed by atoms with Crippen LogP contribution in [0.1, 0.15) is 35.5 Å². The molecule has 0 N–H and O–H groups in total. The van der Waals surface area contributed by atoms with Gasteiger partial charge in [-0.3, -0.25) is 4.79 Å². The number of ketones is 1. The molecule has 0 aliphatic carbocycles. The van der Waals surface area contributed by atoms with Crippen LogP contribution in [-0.4, -0.2) is 28.7 Å². The molecular formula is C15H15FN2O2S. The van der Waals surface area contributed by atoms with E-state index < -0.39 is 0 Å². The van der Waals surface area contributed by atoms with E-state index in [2.05, 4.69) is 10.2 Å². The van der Waals surface area contributed by atoms with Crippen LogP contribution < -0.4 is 0 Å². The molecule has 1 atom stereocenters. The van der Waals surface area contributed by atoms with Crippen LogP contribution in [0.15, 0.2) is 24.3 Å². The van der Waals surface area contributed by atoms with Crippen molar-refractivity contribution in [3.05, 3.63) is 35.1 Å². The summed E-state index contributed by atoms with van der Waals surface area (Å²) in [5.41, 5.74) is 0.770. The SMILES string of the molecule is O=C(CCC1CCCO1)c1nnc(-c2ccc(F)cc2)s1. The highest BCUT2D eigenvalue weighted by Gasteiger charge is 2.19. The maximum atomic E-state index is 12.9. The zero-order valence-electron chi connectivity index (χ0n) is 11.4. The first-order valence-corrected chi connectivity index (χ1v) is 7.78. The lowest BCUT2D eigenvalue weighted by molar-refractivity contribution is 0.0858. The van der Waals surface area contributed by atoms with Gasteiger partial charge in [-0.05, 0) is 43.5 Å². The molecule has 0 spiro atoms. The van der Waals surface area contributed by atoms with Gasteiger partial charge in [-0.1, -0.05) is 11.3 Å². The summed E-state index contributed by atoms with van der Waals surface area (Å²) in [6, 6.07) is 6.01. The van der Waals surface area contributed by atoms with E-state index in [-0.39, 0.29) is 17.7 Å². The van der Waals surface area contributed by atoms with Gasteiger partial charge in [-0.2, -0.15) is 0 Å². The number of nitrogens with zero attached hydrogens (tertiary/aromatic N) is 2. The molecule has 2 heterocycles. The monoisotopic (exact) mass is 306 g/mol. The normalized spacial score (nSPS) is 18.0. The number of benzene rings is 1. The number of hydrogen-bond acceptors (Lipinski definition) is 5. The van der Waals surface area contributed by atoms with Crippen LogP contribution >= 0.6 is 11.3 Å². The Hall–Kier alpha value is -1.66. The molecule has 0 amide bonds. The van der Waals surface area contributed by atoms with E-state index in [1.54, 1.807) is 12.1 Å². The molecule has 2 aromatic rings. The van der Waals surface area contributed by atoms with Crippen LogP contribution in [0.4, 0.5) is 4.39 Å². The highest BCUT2D eigenvalue weighted by molar-refractivity contribution is 7.16. The first-order valence-electron chi connectivity index (χ1n) is 6.96. The summed E-state index contributed by atoms with van der Waals surface area (Å²) in [7, 11) is 0. The lowest BCUT2D eigenvalue weighted by Gasteiger charge is -2.06. The molecule has 110 valence electrons. The topological polar surface area (TPSA) is 52.1 Å². The van der Waals surface area contributed by atoms with Crippen molar-refractivity contribution in [2.24, 2.45) is 0 Å². The fourth-order valence-corrected chi connectivity index (χ4v) is 3.13. The third-order valence-electron chi connectivity index (χ3n) is 3.47. The van der Waals surface area contributed by atoms with Gasteiger partial charge in [0.25, 0.3) is 0 Å². The minimum Gasteiger partial charge on any atom is -0.378 e. The van der Waals surface area contributed by atoms with E-state index in [1.165, 1.54) is 23.5 Å². The Morgan fingerprint density at radius 2 is 2.14 bits per heavy atom. The number of rotatable bonds is 5. The maximum Gasteiger partial charge on any atom is 0.193 e. The van der Waals surface area contributed by atoms with Gasteiger partial charge in [0.2, 0.25) is 0 Å². The lowest BCUT2D eigenvalue weighted by atomic mass is 10.1. The van der Waals surface area contributed by atoms with Gasteiger partial charge >= 0.3 is 0 Å². The zero-order chi connectivity index (χ0) is 14.7. The summed E-state index contributed by atoms with van der Waals surface area (Å²) in [5, 5.41) is 9.00. The van der Waals surface area contributed by atoms with Crippen LogP contribution in [0, 0.1) is 5.82 Å². The molecule has 0 saturated carbocycles. The Kier molecular flexibility index (Phi) is 4.36. The summed E-state index contributed by atoms with van der Waals surface area (Å²) in [6.07, 6.45) is 3.49. The Bertz CT molecular complexity index is 621. The molecule has 0 radical (unpaired) electrons. The van der Waals surface area contributed by atoms with Crippen molar-refractivity contribution in [3.8, 4) is 10.6 Å². The van der Waals surface area contributed by atoms with E-state index >= 15 is 0 Å². The third kappa shape index (κ3) is 3.51. The molecule has 1 saturated heterocycles. The first kappa shape index (κ1) is 14.3. The molecule has 1 aromatic heterocycles. The molecule has 3 rings (SSSR count). The van der Waals surface area contributed by atoms with Crippen molar-refractivity contribution in [3.63, 3.8) is 0 Å². The lowest BCUT2D eigenvalue weighted by Crippen LogP contribution is -2.08. The van der Waals surface area contributed by atoms with Gasteiger partial charge in [0, 0.05) is 18.6 Å². The van der Waals surface area contributed by atoms with Crippen LogP contribution in [0.5, 0.6) is 0 Å². The number of carbonyl (C=O) groups excluding carboxylic acids is 1. The van der Waals surface area contributed by atoms with Gasteiger partial charge in [-0.15, -0.1) is 10.2 Å². The second kappa shape index (κ2) is 6.41. The molecule has 4 nitrogen and oxygen atoms in total. The first-order chi connectivity index (χ1) is 10.2. The van der Waals surface area contributed by atoms with Gasteiger partial charge in [0.1, 0.15) is 10.8 Å². The van der Waals surface area contributed by atoms with Gasteiger partial charge in [0.05, 0.1) is 6.10 Å². The second-order valence-electron chi connectivity index (χ2n) is 5.02. The highest BCUT2D eigenvalue weighted by atomic mass is 32.1. The summed E-state index contributed by atoms with van der Waals surface area (Å²) < 4.78 is 18.4. The minimum atomic E-state index is -0.295. The zero-order valence-corrected chi connectivity index (χ0v) is 12.2. The average Bonchev–Trinajstić information content (AvgIpc) is 3.17. The Labute approximate surface area is 126 Å². The van der Waals surface area contributed by atoms with E-state index in [0.29, 0.717) is 16.4 Å². The van der Waals surface area contributed by atoms with Crippen molar-refractivity contribution in [2.75, 3.05) is 6.61 Å². The third-order valence-corrected chi connectivity index (χ3v) is 4.49. The molecule has 0 bridgehead atoms. The van der Waals surface area contributed by atoms with Crippen molar-refractivity contribution < 1.29 is 13.9 Å². The van der Waals surface area contributed by atoms with Crippen LogP contribution in [-0.2, 0) is 4.74 Å². The number of hydrogen-bond donors (Lipinski definition) is 0. The molecule has 1 aromatic carbocycles. The van der Waals surface area contributed by atoms with Crippen molar-refractivity contribution >= 4 is 17.1 Å². The van der Waals surface area contributed by atoms with Gasteiger partial charge in [0.15, 0.2) is 10.8 Å². The summed E-state index contributed by atoms with van der Waals surface area (Å²) in [4.78, 5) is 12.1. The van der Waals surface area contributed by atoms with E-state index in [1.807, 2.05) is 0 Å². The summed E-state index contributed by atoms with van der Waals surface area (Å²) >= 11 is 1.25. The Morgan fingerprint density at radius 3 is 2.86 bits per heavy atom. The molecule has 6 heteroatoms. The molecular weight excluding hydrogens is 291 g/mol. The van der Waals surface area contributed by atoms with Crippen molar-refractivity contribution in [1.29, 1.82) is 0 Å².